The number of amides is 2. The van der Waals surface area contributed by atoms with Gasteiger partial charge in [0.25, 0.3) is 11.8 Å². The largest absolute Gasteiger partial charge is 0.497 e. The fourth-order valence-electron chi connectivity index (χ4n) is 3.54. The van der Waals surface area contributed by atoms with Crippen LogP contribution in [-0.4, -0.2) is 18.9 Å². The highest BCUT2D eigenvalue weighted by molar-refractivity contribution is 6.16. The number of hydrogen-bond acceptors (Lipinski definition) is 6. The molecule has 0 bridgehead atoms. The molecule has 0 unspecified atom stereocenters. The number of carbonyl (C=O) groups excluding carboxylic acids is 2. The Labute approximate surface area is 160 Å². The molecule has 0 saturated carbocycles. The summed E-state index contributed by atoms with van der Waals surface area (Å²) in [7, 11) is 1.61. The molecule has 0 aromatic heterocycles. The van der Waals surface area contributed by atoms with Crippen LogP contribution in [0.5, 0.6) is 17.2 Å². The summed E-state index contributed by atoms with van der Waals surface area (Å²) in [6.07, 6.45) is 0.589. The average molecular weight is 378 g/mol. The number of hydrogen-bond donors (Lipinski definition) is 4. The second-order valence-electron chi connectivity index (χ2n) is 6.32. The number of nitrogens with two attached hydrogens (primary N) is 2. The van der Waals surface area contributed by atoms with Gasteiger partial charge < -0.3 is 9.47 Å². The molecule has 142 valence electrons. The number of rotatable bonds is 3. The number of methoxy groups -OCH3 is 1. The lowest BCUT2D eigenvalue weighted by Crippen LogP contribution is -2.35. The van der Waals surface area contributed by atoms with Gasteiger partial charge in [-0.2, -0.15) is 0 Å². The summed E-state index contributed by atoms with van der Waals surface area (Å²) in [5.41, 5.74) is 6.31. The zero-order valence-corrected chi connectivity index (χ0v) is 15.0. The van der Waals surface area contributed by atoms with Crippen LogP contribution in [0.25, 0.3) is 10.8 Å². The van der Waals surface area contributed by atoms with Crippen LogP contribution in [0.15, 0.2) is 42.5 Å². The van der Waals surface area contributed by atoms with Crippen molar-refractivity contribution in [2.45, 2.75) is 6.42 Å². The van der Waals surface area contributed by atoms with Gasteiger partial charge in [0.2, 0.25) is 0 Å². The van der Waals surface area contributed by atoms with E-state index in [2.05, 4.69) is 10.9 Å². The first-order valence-electron chi connectivity index (χ1n) is 8.52. The van der Waals surface area contributed by atoms with Crippen molar-refractivity contribution in [3.63, 3.8) is 0 Å². The molecule has 2 amide bonds. The smallest absolute Gasteiger partial charge is 0.266 e. The maximum atomic E-state index is 12.4. The molecular formula is C20H18N4O4. The van der Waals surface area contributed by atoms with Gasteiger partial charge in [-0.15, -0.1) is 0 Å². The zero-order chi connectivity index (χ0) is 19.8. The highest BCUT2D eigenvalue weighted by atomic mass is 16.5. The monoisotopic (exact) mass is 378 g/mol. The van der Waals surface area contributed by atoms with Crippen molar-refractivity contribution in [2.24, 2.45) is 11.7 Å². The number of nitrogen functional groups attached to an aromatic ring is 2. The summed E-state index contributed by atoms with van der Waals surface area (Å²) in [4.78, 5) is 24.5. The Kier molecular flexibility index (Phi) is 4.34. The van der Waals surface area contributed by atoms with Crippen LogP contribution in [-0.2, 0) is 6.42 Å². The number of nitrogens with one attached hydrogen (secondary N) is 2. The Bertz CT molecular complexity index is 1130. The normalized spacial score (nSPS) is 11.8. The number of hydrazine groups is 2. The van der Waals surface area contributed by atoms with E-state index in [-0.39, 0.29) is 11.1 Å². The van der Waals surface area contributed by atoms with E-state index in [0.717, 1.165) is 28.0 Å². The van der Waals surface area contributed by atoms with Crippen LogP contribution in [0.2, 0.25) is 0 Å². The molecule has 1 aliphatic heterocycles. The maximum absolute atomic E-state index is 12.4. The molecule has 1 aliphatic rings. The third-order valence-corrected chi connectivity index (χ3v) is 4.86. The summed E-state index contributed by atoms with van der Waals surface area (Å²) >= 11 is 0. The molecule has 1 heterocycles. The first-order valence-corrected chi connectivity index (χ1v) is 8.52. The van der Waals surface area contributed by atoms with E-state index in [1.807, 2.05) is 18.2 Å². The fourth-order valence-corrected chi connectivity index (χ4v) is 3.54. The van der Waals surface area contributed by atoms with Gasteiger partial charge in [0.15, 0.2) is 0 Å². The summed E-state index contributed by atoms with van der Waals surface area (Å²) in [5, 5.41) is 1.37. The summed E-state index contributed by atoms with van der Waals surface area (Å²) in [5.74, 6) is 11.6. The lowest BCUT2D eigenvalue weighted by Gasteiger charge is -2.23. The first kappa shape index (κ1) is 17.8. The van der Waals surface area contributed by atoms with Crippen LogP contribution >= 0.6 is 0 Å². The molecule has 8 nitrogen and oxygen atoms in total. The lowest BCUT2D eigenvalue weighted by atomic mass is 9.90. The van der Waals surface area contributed by atoms with E-state index in [1.54, 1.807) is 31.4 Å². The van der Waals surface area contributed by atoms with Gasteiger partial charge in [-0.05, 0) is 47.2 Å². The highest BCUT2D eigenvalue weighted by Crippen LogP contribution is 2.42. The Balaban J connectivity index is 1.93. The molecule has 0 atom stereocenters. The van der Waals surface area contributed by atoms with Crippen molar-refractivity contribution in [3.05, 3.63) is 64.7 Å². The Morgan fingerprint density at radius 2 is 1.68 bits per heavy atom. The van der Waals surface area contributed by atoms with Crippen LogP contribution in [0, 0.1) is 0 Å². The van der Waals surface area contributed by atoms with Gasteiger partial charge in [-0.25, -0.2) is 11.7 Å². The van der Waals surface area contributed by atoms with E-state index in [4.69, 9.17) is 21.2 Å². The van der Waals surface area contributed by atoms with Gasteiger partial charge in [0, 0.05) is 17.5 Å². The molecule has 3 aromatic carbocycles. The van der Waals surface area contributed by atoms with E-state index in [1.165, 1.54) is 0 Å². The number of fused-ring (bicyclic) bond motifs is 4. The van der Waals surface area contributed by atoms with E-state index in [9.17, 15) is 9.59 Å². The highest BCUT2D eigenvalue weighted by Gasteiger charge is 2.24. The molecule has 4 rings (SSSR count). The Hall–Kier alpha value is -3.62. The Morgan fingerprint density at radius 1 is 0.964 bits per heavy atom. The standard InChI is InChI=1S/C20H18N4O4/c1-27-11-2-6-16-10(8-11)9-15-12-3-4-14(19(25)23-21)18(20(26)24-22)13(12)5-7-17(15)28-16/h2-8H,9,21-22H2,1H3,(H,23,25)(H,24,26). The molecule has 0 spiro atoms. The molecule has 6 N–H and O–H groups in total. The number of ether oxygens (including phenoxy) is 2. The van der Waals surface area contributed by atoms with Crippen molar-refractivity contribution in [1.29, 1.82) is 0 Å². The van der Waals surface area contributed by atoms with Crippen LogP contribution < -0.4 is 32.0 Å². The average Bonchev–Trinajstić information content (AvgIpc) is 2.75. The van der Waals surface area contributed by atoms with Crippen molar-refractivity contribution in [2.75, 3.05) is 7.11 Å². The van der Waals surface area contributed by atoms with Crippen LogP contribution in [0.4, 0.5) is 0 Å². The maximum Gasteiger partial charge on any atom is 0.266 e. The minimum Gasteiger partial charge on any atom is -0.497 e. The molecule has 0 radical (unpaired) electrons. The molecule has 8 heteroatoms. The quantitative estimate of drug-likeness (QED) is 0.244. The van der Waals surface area contributed by atoms with Gasteiger partial charge in [0.05, 0.1) is 18.2 Å². The zero-order valence-electron chi connectivity index (χ0n) is 15.0. The van der Waals surface area contributed by atoms with Crippen molar-refractivity contribution in [1.82, 2.24) is 10.9 Å². The molecule has 0 fully saturated rings. The van der Waals surface area contributed by atoms with Crippen molar-refractivity contribution >= 4 is 22.6 Å². The minimum absolute atomic E-state index is 0.136. The minimum atomic E-state index is -0.581. The topological polar surface area (TPSA) is 129 Å². The predicted molar refractivity (Wildman–Crippen MR) is 103 cm³/mol. The summed E-state index contributed by atoms with van der Waals surface area (Å²) < 4.78 is 11.3. The molecule has 28 heavy (non-hydrogen) atoms. The SMILES string of the molecule is COc1ccc2c(c1)Cc1c(ccc3c(C(=O)NN)c(C(=O)NN)ccc13)O2. The fraction of sp³-hybridized carbons (Fsp3) is 0.100. The van der Waals surface area contributed by atoms with E-state index >= 15 is 0 Å². The van der Waals surface area contributed by atoms with E-state index < -0.39 is 11.8 Å². The molecule has 0 aliphatic carbocycles. The predicted octanol–water partition coefficient (Wildman–Crippen LogP) is 1.75. The lowest BCUT2D eigenvalue weighted by molar-refractivity contribution is 0.0921. The van der Waals surface area contributed by atoms with E-state index in [0.29, 0.717) is 17.6 Å². The van der Waals surface area contributed by atoms with Crippen LogP contribution in [0.1, 0.15) is 31.8 Å². The third kappa shape index (κ3) is 2.72. The Morgan fingerprint density at radius 3 is 2.39 bits per heavy atom. The van der Waals surface area contributed by atoms with Crippen LogP contribution in [0.3, 0.4) is 0 Å². The summed E-state index contributed by atoms with van der Waals surface area (Å²) in [6, 6.07) is 12.5. The van der Waals surface area contributed by atoms with Gasteiger partial charge in [0.1, 0.15) is 17.2 Å². The molecule has 3 aromatic rings. The number of carbonyl (C=O) groups is 2. The van der Waals surface area contributed by atoms with Crippen molar-refractivity contribution in [3.8, 4) is 17.2 Å². The van der Waals surface area contributed by atoms with Crippen molar-refractivity contribution < 1.29 is 19.1 Å². The van der Waals surface area contributed by atoms with Gasteiger partial charge >= 0.3 is 0 Å². The number of benzene rings is 3. The second kappa shape index (κ2) is 6.84. The summed E-state index contributed by atoms with van der Waals surface area (Å²) in [6.45, 7) is 0. The third-order valence-electron chi connectivity index (χ3n) is 4.86. The molecule has 0 saturated heterocycles. The van der Waals surface area contributed by atoms with Gasteiger partial charge in [-0.1, -0.05) is 6.07 Å². The first-order chi connectivity index (χ1) is 13.6. The second-order valence-corrected chi connectivity index (χ2v) is 6.32. The van der Waals surface area contributed by atoms with Gasteiger partial charge in [-0.3, -0.25) is 20.4 Å². The molecular weight excluding hydrogens is 360 g/mol.